The molecule has 3 rings (SSSR count). The van der Waals surface area contributed by atoms with Crippen molar-refractivity contribution in [2.45, 2.75) is 6.10 Å². The van der Waals surface area contributed by atoms with Crippen molar-refractivity contribution in [1.29, 1.82) is 0 Å². The minimum atomic E-state index is -0.609. The lowest BCUT2D eigenvalue weighted by Gasteiger charge is -2.26. The molecule has 0 spiro atoms. The molecule has 96 valence electrons. The first-order valence-electron chi connectivity index (χ1n) is 5.66. The van der Waals surface area contributed by atoms with Crippen molar-refractivity contribution in [2.24, 2.45) is 0 Å². The maximum absolute atomic E-state index is 12.1. The van der Waals surface area contributed by atoms with Gasteiger partial charge >= 0.3 is 0 Å². The summed E-state index contributed by atoms with van der Waals surface area (Å²) in [6.45, 7) is 0. The summed E-state index contributed by atoms with van der Waals surface area (Å²) in [4.78, 5) is 12.1. The van der Waals surface area contributed by atoms with E-state index in [2.05, 4.69) is 37.2 Å². The number of carbonyl (C=O) groups excluding carboxylic acids is 1. The van der Waals surface area contributed by atoms with Crippen LogP contribution >= 0.6 is 31.9 Å². The van der Waals surface area contributed by atoms with E-state index in [0.717, 1.165) is 14.5 Å². The quantitative estimate of drug-likeness (QED) is 0.799. The molecular weight excluding hydrogens is 374 g/mol. The molecule has 0 saturated carbocycles. The van der Waals surface area contributed by atoms with Crippen LogP contribution in [-0.4, -0.2) is 5.91 Å². The Hall–Kier alpha value is -1.33. The highest BCUT2D eigenvalue weighted by Crippen LogP contribution is 2.36. The first kappa shape index (κ1) is 12.7. The van der Waals surface area contributed by atoms with Crippen LogP contribution in [0.3, 0.4) is 0 Å². The third-order valence-electron chi connectivity index (χ3n) is 2.86. The molecule has 2 aromatic rings. The van der Waals surface area contributed by atoms with Crippen molar-refractivity contribution in [2.75, 3.05) is 5.32 Å². The summed E-state index contributed by atoms with van der Waals surface area (Å²) >= 11 is 6.74. The van der Waals surface area contributed by atoms with Gasteiger partial charge in [0.2, 0.25) is 6.10 Å². The number of benzene rings is 2. The van der Waals surface area contributed by atoms with E-state index in [9.17, 15) is 4.79 Å². The van der Waals surface area contributed by atoms with Gasteiger partial charge in [0.25, 0.3) is 5.91 Å². The number of ether oxygens (including phenoxy) is 1. The van der Waals surface area contributed by atoms with E-state index in [1.54, 1.807) is 0 Å². The molecule has 5 heteroatoms. The molecule has 2 aromatic carbocycles. The summed E-state index contributed by atoms with van der Waals surface area (Å²) in [5, 5.41) is 2.86. The van der Waals surface area contributed by atoms with Gasteiger partial charge in [0.05, 0.1) is 5.69 Å². The van der Waals surface area contributed by atoms with Gasteiger partial charge in [-0.3, -0.25) is 4.79 Å². The first-order chi connectivity index (χ1) is 9.13. The summed E-state index contributed by atoms with van der Waals surface area (Å²) in [5.41, 5.74) is 1.52. The predicted octanol–water partition coefficient (Wildman–Crippen LogP) is 4.28. The molecule has 3 nitrogen and oxygen atoms in total. The summed E-state index contributed by atoms with van der Waals surface area (Å²) in [6.07, 6.45) is -0.609. The van der Waals surface area contributed by atoms with Gasteiger partial charge in [-0.1, -0.05) is 44.0 Å². The van der Waals surface area contributed by atoms with Gasteiger partial charge in [0.1, 0.15) is 5.75 Å². The Bertz CT molecular complexity index is 640. The van der Waals surface area contributed by atoms with Crippen LogP contribution in [0.5, 0.6) is 5.75 Å². The highest BCUT2D eigenvalue weighted by Gasteiger charge is 2.29. The molecule has 1 aliphatic heterocycles. The zero-order chi connectivity index (χ0) is 13.4. The molecular formula is C14H9Br2NO2. The Morgan fingerprint density at radius 3 is 2.42 bits per heavy atom. The van der Waals surface area contributed by atoms with Crippen molar-refractivity contribution < 1.29 is 9.53 Å². The fourth-order valence-electron chi connectivity index (χ4n) is 1.94. The molecule has 1 amide bonds. The fourth-order valence-corrected chi connectivity index (χ4v) is 2.56. The average molecular weight is 383 g/mol. The van der Waals surface area contributed by atoms with Crippen LogP contribution in [0.25, 0.3) is 0 Å². The lowest BCUT2D eigenvalue weighted by Crippen LogP contribution is -2.30. The number of hydrogen-bond acceptors (Lipinski definition) is 2. The second kappa shape index (κ2) is 4.98. The van der Waals surface area contributed by atoms with Crippen molar-refractivity contribution in [1.82, 2.24) is 0 Å². The molecule has 1 N–H and O–H groups in total. The third kappa shape index (κ3) is 2.53. The van der Waals surface area contributed by atoms with Crippen molar-refractivity contribution in [3.8, 4) is 5.75 Å². The predicted molar refractivity (Wildman–Crippen MR) is 80.3 cm³/mol. The Labute approximate surface area is 127 Å². The van der Waals surface area contributed by atoms with Crippen LogP contribution in [0.1, 0.15) is 11.7 Å². The highest BCUT2D eigenvalue weighted by atomic mass is 79.9. The summed E-state index contributed by atoms with van der Waals surface area (Å²) in [5.74, 6) is 0.517. The van der Waals surface area contributed by atoms with Crippen LogP contribution in [0.15, 0.2) is 51.4 Å². The standard InChI is InChI=1S/C14H9Br2NO2/c15-9-3-1-8(2-4-9)13-14(18)17-11-7-10(16)5-6-12(11)19-13/h1-7,13H,(H,17,18)/t13-/m1/s1. The van der Waals surface area contributed by atoms with Crippen LogP contribution in [-0.2, 0) is 4.79 Å². The maximum atomic E-state index is 12.1. The van der Waals surface area contributed by atoms with Crippen LogP contribution < -0.4 is 10.1 Å². The second-order valence-corrected chi connectivity index (χ2v) is 6.01. The van der Waals surface area contributed by atoms with E-state index < -0.39 is 6.10 Å². The molecule has 0 unspecified atom stereocenters. The van der Waals surface area contributed by atoms with Crippen molar-refractivity contribution in [3.63, 3.8) is 0 Å². The molecule has 0 bridgehead atoms. The zero-order valence-corrected chi connectivity index (χ0v) is 12.9. The van der Waals surface area contributed by atoms with Gasteiger partial charge in [0.15, 0.2) is 0 Å². The summed E-state index contributed by atoms with van der Waals surface area (Å²) < 4.78 is 7.65. The zero-order valence-electron chi connectivity index (χ0n) is 9.69. The molecule has 0 aliphatic carbocycles. The Kier molecular flexibility index (Phi) is 3.33. The number of anilines is 1. The Morgan fingerprint density at radius 1 is 1.00 bits per heavy atom. The largest absolute Gasteiger partial charge is 0.474 e. The third-order valence-corrected chi connectivity index (χ3v) is 3.88. The fraction of sp³-hybridized carbons (Fsp3) is 0.0714. The number of carbonyl (C=O) groups is 1. The SMILES string of the molecule is O=C1Nc2cc(Br)ccc2O[C@@H]1c1ccc(Br)cc1. The van der Waals surface area contributed by atoms with Crippen molar-refractivity contribution >= 4 is 43.5 Å². The number of halogens is 2. The molecule has 0 fully saturated rings. The summed E-state index contributed by atoms with van der Waals surface area (Å²) in [6, 6.07) is 13.1. The van der Waals surface area contributed by atoms with E-state index >= 15 is 0 Å². The second-order valence-electron chi connectivity index (χ2n) is 4.18. The van der Waals surface area contributed by atoms with E-state index in [0.29, 0.717) is 11.4 Å². The van der Waals surface area contributed by atoms with E-state index in [4.69, 9.17) is 4.74 Å². The van der Waals surface area contributed by atoms with Gasteiger partial charge in [0, 0.05) is 14.5 Å². The topological polar surface area (TPSA) is 38.3 Å². The lowest BCUT2D eigenvalue weighted by molar-refractivity contribution is -0.123. The Balaban J connectivity index is 1.95. The van der Waals surface area contributed by atoms with Gasteiger partial charge in [-0.2, -0.15) is 0 Å². The number of amides is 1. The smallest absolute Gasteiger partial charge is 0.270 e. The van der Waals surface area contributed by atoms with Gasteiger partial charge < -0.3 is 10.1 Å². The molecule has 0 saturated heterocycles. The monoisotopic (exact) mass is 381 g/mol. The lowest BCUT2D eigenvalue weighted by atomic mass is 10.1. The summed E-state index contributed by atoms with van der Waals surface area (Å²) in [7, 11) is 0. The highest BCUT2D eigenvalue weighted by molar-refractivity contribution is 9.10. The molecule has 1 heterocycles. The molecule has 1 aliphatic rings. The number of fused-ring (bicyclic) bond motifs is 1. The Morgan fingerprint density at radius 2 is 1.68 bits per heavy atom. The average Bonchev–Trinajstić information content (AvgIpc) is 2.39. The van der Waals surface area contributed by atoms with Gasteiger partial charge in [-0.25, -0.2) is 0 Å². The number of rotatable bonds is 1. The van der Waals surface area contributed by atoms with Crippen LogP contribution in [0.2, 0.25) is 0 Å². The molecule has 0 radical (unpaired) electrons. The van der Waals surface area contributed by atoms with Crippen molar-refractivity contribution in [3.05, 3.63) is 57.0 Å². The van der Waals surface area contributed by atoms with E-state index in [1.165, 1.54) is 0 Å². The molecule has 1 atom stereocenters. The minimum absolute atomic E-state index is 0.159. The maximum Gasteiger partial charge on any atom is 0.270 e. The number of nitrogens with one attached hydrogen (secondary N) is 1. The molecule has 0 aromatic heterocycles. The van der Waals surface area contributed by atoms with Gasteiger partial charge in [-0.05, 0) is 30.3 Å². The minimum Gasteiger partial charge on any atom is -0.474 e. The normalized spacial score (nSPS) is 17.4. The van der Waals surface area contributed by atoms with Gasteiger partial charge in [-0.15, -0.1) is 0 Å². The van der Waals surface area contributed by atoms with E-state index in [-0.39, 0.29) is 5.91 Å². The first-order valence-corrected chi connectivity index (χ1v) is 7.24. The molecule has 19 heavy (non-hydrogen) atoms. The van der Waals surface area contributed by atoms with E-state index in [1.807, 2.05) is 42.5 Å². The number of hydrogen-bond donors (Lipinski definition) is 1. The van der Waals surface area contributed by atoms with Crippen LogP contribution in [0, 0.1) is 0 Å². The van der Waals surface area contributed by atoms with Crippen LogP contribution in [0.4, 0.5) is 5.69 Å².